The van der Waals surface area contributed by atoms with Crippen molar-refractivity contribution in [3.63, 3.8) is 0 Å². The molecular formula is C20H26N6O3. The summed E-state index contributed by atoms with van der Waals surface area (Å²) in [5, 5.41) is 2.96. The Morgan fingerprint density at radius 3 is 2.79 bits per heavy atom. The number of aromatic nitrogens is 3. The number of imidazole rings is 1. The molecule has 1 saturated heterocycles. The van der Waals surface area contributed by atoms with Crippen molar-refractivity contribution < 1.29 is 14.3 Å². The fourth-order valence-electron chi connectivity index (χ4n) is 4.51. The van der Waals surface area contributed by atoms with Gasteiger partial charge in [0.25, 0.3) is 5.91 Å². The van der Waals surface area contributed by atoms with Crippen molar-refractivity contribution in [2.45, 2.75) is 24.8 Å². The van der Waals surface area contributed by atoms with Gasteiger partial charge in [0, 0.05) is 57.7 Å². The number of ether oxygens (including phenoxy) is 1. The minimum Gasteiger partial charge on any atom is -0.375 e. The second kappa shape index (κ2) is 7.82. The summed E-state index contributed by atoms with van der Waals surface area (Å²) in [7, 11) is 3.31. The van der Waals surface area contributed by atoms with Crippen LogP contribution in [0.1, 0.15) is 34.6 Å². The van der Waals surface area contributed by atoms with Gasteiger partial charge in [0.2, 0.25) is 5.91 Å². The molecule has 154 valence electrons. The van der Waals surface area contributed by atoms with Gasteiger partial charge in [-0.2, -0.15) is 0 Å². The number of hydrogen-bond donors (Lipinski definition) is 2. The number of carbonyl (C=O) groups excluding carboxylic acids is 2. The average molecular weight is 398 g/mol. The molecule has 0 atom stereocenters. The molecule has 2 amide bonds. The number of carbonyl (C=O) groups is 2. The first-order valence-corrected chi connectivity index (χ1v) is 9.84. The van der Waals surface area contributed by atoms with Gasteiger partial charge in [-0.15, -0.1) is 0 Å². The zero-order chi connectivity index (χ0) is 20.4. The summed E-state index contributed by atoms with van der Waals surface area (Å²) in [5.41, 5.74) is 2.13. The summed E-state index contributed by atoms with van der Waals surface area (Å²) in [5.74, 6) is 0.606. The van der Waals surface area contributed by atoms with Crippen LogP contribution in [0.15, 0.2) is 24.7 Å². The third-order valence-corrected chi connectivity index (χ3v) is 5.97. The van der Waals surface area contributed by atoms with Gasteiger partial charge in [-0.25, -0.2) is 9.97 Å². The van der Waals surface area contributed by atoms with E-state index in [0.717, 1.165) is 17.8 Å². The summed E-state index contributed by atoms with van der Waals surface area (Å²) in [6.07, 6.45) is 5.38. The number of H-pyrrole nitrogens is 1. The summed E-state index contributed by atoms with van der Waals surface area (Å²) in [6, 6.07) is 3.49. The predicted octanol–water partition coefficient (Wildman–Crippen LogP) is 1.01. The normalized spacial score (nSPS) is 17.9. The summed E-state index contributed by atoms with van der Waals surface area (Å²) in [6.45, 7) is 1.79. The molecule has 2 aromatic heterocycles. The average Bonchev–Trinajstić information content (AvgIpc) is 3.24. The van der Waals surface area contributed by atoms with Crippen LogP contribution in [0, 0.1) is 0 Å². The van der Waals surface area contributed by atoms with Gasteiger partial charge in [0.15, 0.2) is 0 Å². The summed E-state index contributed by atoms with van der Waals surface area (Å²) >= 11 is 0. The van der Waals surface area contributed by atoms with Crippen LogP contribution in [0.4, 0.5) is 5.82 Å². The molecule has 9 heteroatoms. The number of fused-ring (bicyclic) bond motifs is 2. The number of piperidine rings is 1. The Kier molecular flexibility index (Phi) is 5.23. The van der Waals surface area contributed by atoms with Crippen LogP contribution in [0.2, 0.25) is 0 Å². The number of nitrogens with one attached hydrogen (secondary N) is 2. The smallest absolute Gasteiger partial charge is 0.254 e. The summed E-state index contributed by atoms with van der Waals surface area (Å²) in [4.78, 5) is 41.5. The minimum absolute atomic E-state index is 0.0217. The molecule has 1 fully saturated rings. The lowest BCUT2D eigenvalue weighted by Crippen LogP contribution is -2.59. The highest BCUT2D eigenvalue weighted by Gasteiger charge is 2.49. The van der Waals surface area contributed by atoms with E-state index in [-0.39, 0.29) is 18.4 Å². The van der Waals surface area contributed by atoms with Gasteiger partial charge in [-0.05, 0) is 25.0 Å². The van der Waals surface area contributed by atoms with Crippen molar-refractivity contribution in [1.82, 2.24) is 24.8 Å². The topological polar surface area (TPSA) is 103 Å². The van der Waals surface area contributed by atoms with Crippen molar-refractivity contribution >= 4 is 17.6 Å². The highest BCUT2D eigenvalue weighted by Crippen LogP contribution is 2.42. The zero-order valence-electron chi connectivity index (χ0n) is 16.8. The molecule has 4 heterocycles. The molecular weight excluding hydrogens is 372 g/mol. The SMILES string of the molecule is CNc1cc(C(=O)N2CCC3(CC2)c2nc[nH]c2CCN3C(=O)COC)ccn1. The van der Waals surface area contributed by atoms with E-state index in [1.165, 1.54) is 7.11 Å². The quantitative estimate of drug-likeness (QED) is 0.797. The van der Waals surface area contributed by atoms with Gasteiger partial charge in [-0.3, -0.25) is 9.59 Å². The highest BCUT2D eigenvalue weighted by molar-refractivity contribution is 5.95. The Labute approximate surface area is 169 Å². The van der Waals surface area contributed by atoms with E-state index in [4.69, 9.17) is 4.74 Å². The van der Waals surface area contributed by atoms with Gasteiger partial charge in [0.1, 0.15) is 12.4 Å². The summed E-state index contributed by atoms with van der Waals surface area (Å²) < 4.78 is 5.10. The van der Waals surface area contributed by atoms with Crippen LogP contribution in [0.3, 0.4) is 0 Å². The van der Waals surface area contributed by atoms with Crippen molar-refractivity contribution in [3.8, 4) is 0 Å². The van der Waals surface area contributed by atoms with Crippen molar-refractivity contribution in [2.24, 2.45) is 0 Å². The number of hydrogen-bond acceptors (Lipinski definition) is 6. The van der Waals surface area contributed by atoms with Crippen molar-refractivity contribution in [3.05, 3.63) is 41.6 Å². The Bertz CT molecular complexity index is 903. The maximum absolute atomic E-state index is 13.0. The molecule has 9 nitrogen and oxygen atoms in total. The van der Waals surface area contributed by atoms with E-state index in [0.29, 0.717) is 43.9 Å². The first-order valence-electron chi connectivity index (χ1n) is 9.84. The van der Waals surface area contributed by atoms with Crippen molar-refractivity contribution in [1.29, 1.82) is 0 Å². The van der Waals surface area contributed by atoms with E-state index in [1.54, 1.807) is 31.7 Å². The van der Waals surface area contributed by atoms with Gasteiger partial charge in [0.05, 0.1) is 17.6 Å². The molecule has 0 aliphatic carbocycles. The number of anilines is 1. The fourth-order valence-corrected chi connectivity index (χ4v) is 4.51. The molecule has 2 aliphatic heterocycles. The number of methoxy groups -OCH3 is 1. The number of pyridine rings is 1. The second-order valence-corrected chi connectivity index (χ2v) is 7.46. The largest absolute Gasteiger partial charge is 0.375 e. The number of nitrogens with zero attached hydrogens (tertiary/aromatic N) is 4. The Morgan fingerprint density at radius 2 is 2.07 bits per heavy atom. The number of amides is 2. The van der Waals surface area contributed by atoms with Gasteiger partial charge in [-0.1, -0.05) is 0 Å². The minimum atomic E-state index is -0.492. The third-order valence-electron chi connectivity index (χ3n) is 5.97. The number of rotatable bonds is 4. The monoisotopic (exact) mass is 398 g/mol. The van der Waals surface area contributed by atoms with Crippen LogP contribution < -0.4 is 5.32 Å². The lowest BCUT2D eigenvalue weighted by molar-refractivity contribution is -0.145. The molecule has 2 aliphatic rings. The van der Waals surface area contributed by atoms with E-state index >= 15 is 0 Å². The molecule has 0 radical (unpaired) electrons. The molecule has 0 unspecified atom stereocenters. The first kappa shape index (κ1) is 19.4. The second-order valence-electron chi connectivity index (χ2n) is 7.46. The predicted molar refractivity (Wildman–Crippen MR) is 106 cm³/mol. The zero-order valence-corrected chi connectivity index (χ0v) is 16.8. The first-order chi connectivity index (χ1) is 14.1. The molecule has 0 aromatic carbocycles. The Balaban J connectivity index is 1.57. The van der Waals surface area contributed by atoms with Crippen LogP contribution in [0.5, 0.6) is 0 Å². The van der Waals surface area contributed by atoms with Crippen molar-refractivity contribution in [2.75, 3.05) is 45.7 Å². The fraction of sp³-hybridized carbons (Fsp3) is 0.500. The number of likely N-dealkylation sites (tertiary alicyclic amines) is 1. The molecule has 0 bridgehead atoms. The maximum atomic E-state index is 13.0. The highest BCUT2D eigenvalue weighted by atomic mass is 16.5. The Morgan fingerprint density at radius 1 is 1.28 bits per heavy atom. The lowest BCUT2D eigenvalue weighted by Gasteiger charge is -2.50. The van der Waals surface area contributed by atoms with E-state index < -0.39 is 5.54 Å². The third kappa shape index (κ3) is 3.35. The molecule has 29 heavy (non-hydrogen) atoms. The number of aromatic amines is 1. The molecule has 2 N–H and O–H groups in total. The van der Waals surface area contributed by atoms with Crippen LogP contribution >= 0.6 is 0 Å². The van der Waals surface area contributed by atoms with E-state index in [9.17, 15) is 9.59 Å². The van der Waals surface area contributed by atoms with Crippen LogP contribution in [0.25, 0.3) is 0 Å². The Hall–Kier alpha value is -2.94. The molecule has 1 spiro atoms. The van der Waals surface area contributed by atoms with E-state index in [2.05, 4.69) is 20.3 Å². The van der Waals surface area contributed by atoms with Crippen LogP contribution in [-0.4, -0.2) is 77.0 Å². The van der Waals surface area contributed by atoms with Crippen LogP contribution in [-0.2, 0) is 21.5 Å². The maximum Gasteiger partial charge on any atom is 0.254 e. The molecule has 4 rings (SSSR count). The molecule has 2 aromatic rings. The van der Waals surface area contributed by atoms with Gasteiger partial charge < -0.3 is 24.8 Å². The molecule has 0 saturated carbocycles. The lowest BCUT2D eigenvalue weighted by atomic mass is 9.78. The van der Waals surface area contributed by atoms with Gasteiger partial charge >= 0.3 is 0 Å². The van der Waals surface area contributed by atoms with E-state index in [1.807, 2.05) is 9.80 Å². The standard InChI is InChI=1S/C20H26N6O3/c1-21-16-11-14(3-7-22-16)19(28)25-9-5-20(6-10-25)18-15(23-13-24-18)4-8-26(20)17(27)12-29-2/h3,7,11,13H,4-6,8-10,12H2,1-2H3,(H,21,22)(H,23,24).